The quantitative estimate of drug-likeness (QED) is 0.703. The lowest BCUT2D eigenvalue weighted by Crippen LogP contribution is -2.43. The van der Waals surface area contributed by atoms with Crippen LogP contribution in [0, 0.1) is 0 Å². The third-order valence-corrected chi connectivity index (χ3v) is 3.74. The second-order valence-corrected chi connectivity index (χ2v) is 5.13. The predicted octanol–water partition coefficient (Wildman–Crippen LogP) is 2.15. The van der Waals surface area contributed by atoms with Crippen molar-refractivity contribution in [3.63, 3.8) is 0 Å². The first kappa shape index (κ1) is 11.4. The molecule has 2 saturated carbocycles. The molecule has 2 aliphatic carbocycles. The van der Waals surface area contributed by atoms with Crippen molar-refractivity contribution in [3.05, 3.63) is 0 Å². The van der Waals surface area contributed by atoms with Gasteiger partial charge in [-0.05, 0) is 25.7 Å². The van der Waals surface area contributed by atoms with Gasteiger partial charge >= 0.3 is 0 Å². The van der Waals surface area contributed by atoms with E-state index in [4.69, 9.17) is 4.84 Å². The zero-order valence-corrected chi connectivity index (χ0v) is 9.50. The normalized spacial score (nSPS) is 27.0. The van der Waals surface area contributed by atoms with Crippen LogP contribution in [0.5, 0.6) is 0 Å². The van der Waals surface area contributed by atoms with Gasteiger partial charge in [0.05, 0.1) is 11.7 Å². The van der Waals surface area contributed by atoms with Gasteiger partial charge in [0.25, 0.3) is 0 Å². The van der Waals surface area contributed by atoms with E-state index >= 15 is 0 Å². The van der Waals surface area contributed by atoms with Crippen LogP contribution in [0.25, 0.3) is 0 Å². The summed E-state index contributed by atoms with van der Waals surface area (Å²) in [4.78, 5) is 5.56. The molecule has 2 fully saturated rings. The summed E-state index contributed by atoms with van der Waals surface area (Å²) in [6.07, 6.45) is 10.7. The third kappa shape index (κ3) is 3.44. The molecule has 3 nitrogen and oxygen atoms in total. The molecule has 2 N–H and O–H groups in total. The molecule has 0 aromatic carbocycles. The molecule has 2 aliphatic rings. The summed E-state index contributed by atoms with van der Waals surface area (Å²) in [5.41, 5.74) is 2.48. The average molecular weight is 213 g/mol. The van der Waals surface area contributed by atoms with Crippen molar-refractivity contribution in [3.8, 4) is 0 Å². The van der Waals surface area contributed by atoms with E-state index in [1.807, 2.05) is 0 Å². The van der Waals surface area contributed by atoms with Crippen molar-refractivity contribution in [2.45, 2.75) is 69.5 Å². The van der Waals surface area contributed by atoms with Gasteiger partial charge in [-0.25, -0.2) is 0 Å². The summed E-state index contributed by atoms with van der Waals surface area (Å²) < 4.78 is 0. The highest BCUT2D eigenvalue weighted by atomic mass is 16.7. The molecule has 0 spiro atoms. The van der Waals surface area contributed by atoms with Crippen LogP contribution < -0.4 is 5.48 Å². The molecule has 0 bridgehead atoms. The Morgan fingerprint density at radius 1 is 1.07 bits per heavy atom. The molecule has 0 amide bonds. The minimum absolute atomic E-state index is 0.386. The zero-order chi connectivity index (χ0) is 10.6. The van der Waals surface area contributed by atoms with E-state index in [0.29, 0.717) is 12.6 Å². The van der Waals surface area contributed by atoms with Crippen LogP contribution in [-0.4, -0.2) is 23.4 Å². The van der Waals surface area contributed by atoms with Gasteiger partial charge in [0.15, 0.2) is 0 Å². The Labute approximate surface area is 92.2 Å². The van der Waals surface area contributed by atoms with Gasteiger partial charge in [0.2, 0.25) is 0 Å². The van der Waals surface area contributed by atoms with Crippen LogP contribution in [0.4, 0.5) is 0 Å². The van der Waals surface area contributed by atoms with Gasteiger partial charge in [0, 0.05) is 6.54 Å². The lowest BCUT2D eigenvalue weighted by Gasteiger charge is -2.32. The number of nitrogens with one attached hydrogen (secondary N) is 1. The van der Waals surface area contributed by atoms with Gasteiger partial charge in [-0.1, -0.05) is 32.1 Å². The summed E-state index contributed by atoms with van der Waals surface area (Å²) in [6.45, 7) is 0.601. The van der Waals surface area contributed by atoms with Gasteiger partial charge in [-0.2, -0.15) is 5.48 Å². The maximum Gasteiger partial charge on any atom is 0.0794 e. The lowest BCUT2D eigenvalue weighted by atomic mass is 9.85. The molecule has 0 saturated heterocycles. The van der Waals surface area contributed by atoms with Crippen molar-refractivity contribution in [1.29, 1.82) is 0 Å². The summed E-state index contributed by atoms with van der Waals surface area (Å²) in [7, 11) is 0. The van der Waals surface area contributed by atoms with E-state index in [1.54, 1.807) is 0 Å². The smallest absolute Gasteiger partial charge is 0.0794 e. The fraction of sp³-hybridized carbons (Fsp3) is 1.00. The van der Waals surface area contributed by atoms with Crippen LogP contribution in [0.15, 0.2) is 0 Å². The number of aliphatic hydroxyl groups is 1. The van der Waals surface area contributed by atoms with Gasteiger partial charge in [-0.3, -0.25) is 4.84 Å². The number of hydrogen-bond acceptors (Lipinski definition) is 3. The minimum Gasteiger partial charge on any atom is -0.388 e. The van der Waals surface area contributed by atoms with Crippen molar-refractivity contribution < 1.29 is 9.94 Å². The summed E-state index contributed by atoms with van der Waals surface area (Å²) in [6, 6.07) is 0. The molecule has 3 heteroatoms. The third-order valence-electron chi connectivity index (χ3n) is 3.74. The molecule has 88 valence electrons. The largest absolute Gasteiger partial charge is 0.388 e. The molecule has 0 aliphatic heterocycles. The van der Waals surface area contributed by atoms with Crippen LogP contribution in [-0.2, 0) is 4.84 Å². The standard InChI is InChI=1S/C12H23NO2/c14-12(8-4-1-5-9-12)10-13-15-11-6-2-3-7-11/h11,13-14H,1-10H2. The molecule has 0 unspecified atom stereocenters. The van der Waals surface area contributed by atoms with Gasteiger partial charge < -0.3 is 5.11 Å². The van der Waals surface area contributed by atoms with E-state index in [9.17, 15) is 5.11 Å². The highest BCUT2D eigenvalue weighted by Crippen LogP contribution is 2.27. The Balaban J connectivity index is 1.63. The highest BCUT2D eigenvalue weighted by Gasteiger charge is 2.29. The Bertz CT molecular complexity index is 184. The molecular weight excluding hydrogens is 190 g/mol. The fourth-order valence-corrected chi connectivity index (χ4v) is 2.69. The minimum atomic E-state index is -0.503. The molecule has 15 heavy (non-hydrogen) atoms. The molecule has 0 atom stereocenters. The monoisotopic (exact) mass is 213 g/mol. The van der Waals surface area contributed by atoms with Crippen molar-refractivity contribution >= 4 is 0 Å². The first-order valence-corrected chi connectivity index (χ1v) is 6.39. The number of hydrogen-bond donors (Lipinski definition) is 2. The first-order valence-electron chi connectivity index (χ1n) is 6.39. The van der Waals surface area contributed by atoms with E-state index in [2.05, 4.69) is 5.48 Å². The SMILES string of the molecule is OC1(CNOC2CCCC2)CCCCC1. The van der Waals surface area contributed by atoms with Crippen LogP contribution in [0.2, 0.25) is 0 Å². The summed E-state index contributed by atoms with van der Waals surface area (Å²) >= 11 is 0. The summed E-state index contributed by atoms with van der Waals surface area (Å²) in [5, 5.41) is 10.2. The Hall–Kier alpha value is -0.120. The van der Waals surface area contributed by atoms with E-state index < -0.39 is 5.60 Å². The van der Waals surface area contributed by atoms with E-state index in [0.717, 1.165) is 25.7 Å². The Morgan fingerprint density at radius 2 is 1.73 bits per heavy atom. The van der Waals surface area contributed by atoms with Crippen molar-refractivity contribution in [2.75, 3.05) is 6.54 Å². The first-order chi connectivity index (χ1) is 7.29. The topological polar surface area (TPSA) is 41.5 Å². The van der Waals surface area contributed by atoms with Crippen LogP contribution >= 0.6 is 0 Å². The van der Waals surface area contributed by atoms with Crippen molar-refractivity contribution in [2.24, 2.45) is 0 Å². The number of rotatable bonds is 4. The molecule has 0 aromatic heterocycles. The van der Waals surface area contributed by atoms with Crippen LogP contribution in [0.3, 0.4) is 0 Å². The predicted molar refractivity (Wildman–Crippen MR) is 59.4 cm³/mol. The molecule has 0 heterocycles. The van der Waals surface area contributed by atoms with E-state index in [-0.39, 0.29) is 0 Å². The summed E-state index contributed by atoms with van der Waals surface area (Å²) in [5.74, 6) is 0. The maximum atomic E-state index is 10.2. The second-order valence-electron chi connectivity index (χ2n) is 5.13. The van der Waals surface area contributed by atoms with Crippen molar-refractivity contribution in [1.82, 2.24) is 5.48 Å². The molecule has 0 aromatic rings. The van der Waals surface area contributed by atoms with Crippen LogP contribution in [0.1, 0.15) is 57.8 Å². The Morgan fingerprint density at radius 3 is 2.40 bits per heavy atom. The maximum absolute atomic E-state index is 10.2. The van der Waals surface area contributed by atoms with Gasteiger partial charge in [0.1, 0.15) is 0 Å². The molecule has 2 rings (SSSR count). The van der Waals surface area contributed by atoms with E-state index in [1.165, 1.54) is 32.1 Å². The lowest BCUT2D eigenvalue weighted by molar-refractivity contribution is -0.0758. The number of hydroxylamine groups is 1. The highest BCUT2D eigenvalue weighted by molar-refractivity contribution is 4.83. The Kier molecular flexibility index (Phi) is 4.00. The average Bonchev–Trinajstić information content (AvgIpc) is 2.71. The molecular formula is C12H23NO2. The fourth-order valence-electron chi connectivity index (χ4n) is 2.69. The molecule has 0 radical (unpaired) electrons. The van der Waals surface area contributed by atoms with Gasteiger partial charge in [-0.15, -0.1) is 0 Å². The zero-order valence-electron chi connectivity index (χ0n) is 9.50. The second kappa shape index (κ2) is 5.28.